The van der Waals surface area contributed by atoms with Gasteiger partial charge in [0.05, 0.1) is 0 Å². The first-order valence-electron chi connectivity index (χ1n) is 6.09. The van der Waals surface area contributed by atoms with Gasteiger partial charge in [-0.1, -0.05) is 18.2 Å². The molecule has 0 radical (unpaired) electrons. The quantitative estimate of drug-likeness (QED) is 0.614. The topological polar surface area (TPSA) is 35.4 Å². The van der Waals surface area contributed by atoms with Crippen LogP contribution in [0.15, 0.2) is 22.6 Å². The summed E-state index contributed by atoms with van der Waals surface area (Å²) in [5, 5.41) is 0. The van der Waals surface area contributed by atoms with E-state index in [1.807, 2.05) is 34.6 Å². The molecule has 1 rings (SSSR count). The molecule has 0 aliphatic heterocycles. The fourth-order valence-corrected chi connectivity index (χ4v) is 2.14. The zero-order chi connectivity index (χ0) is 14.8. The third-order valence-electron chi connectivity index (χ3n) is 2.47. The molecule has 106 valence electrons. The lowest BCUT2D eigenvalue weighted by atomic mass is 10.0. The second-order valence-electron chi connectivity index (χ2n) is 5.62. The highest BCUT2D eigenvalue weighted by Crippen LogP contribution is 2.21. The van der Waals surface area contributed by atoms with Crippen molar-refractivity contribution in [2.75, 3.05) is 0 Å². The van der Waals surface area contributed by atoms with Gasteiger partial charge in [-0.2, -0.15) is 0 Å². The lowest BCUT2D eigenvalue weighted by Crippen LogP contribution is -2.28. The maximum absolute atomic E-state index is 13.3. The van der Waals surface area contributed by atoms with Crippen LogP contribution in [0.3, 0.4) is 0 Å². The number of rotatable bonds is 3. The minimum atomic E-state index is -1.43. The number of hydrogen-bond donors (Lipinski definition) is 0. The van der Waals surface area contributed by atoms with E-state index in [1.54, 1.807) is 0 Å². The van der Waals surface area contributed by atoms with Gasteiger partial charge in [-0.25, -0.2) is 8.78 Å². The smallest absolute Gasteiger partial charge is 0.159 e. The zero-order valence-corrected chi connectivity index (χ0v) is 12.6. The van der Waals surface area contributed by atoms with E-state index in [0.717, 1.165) is 12.1 Å². The van der Waals surface area contributed by atoms with Crippen LogP contribution in [0.25, 0.3) is 0 Å². The summed E-state index contributed by atoms with van der Waals surface area (Å²) >= 11 is -1.43. The van der Waals surface area contributed by atoms with E-state index in [2.05, 4.69) is 4.40 Å². The highest BCUT2D eigenvalue weighted by molar-refractivity contribution is 7.91. The van der Waals surface area contributed by atoms with Crippen LogP contribution in [-0.4, -0.2) is 15.0 Å². The molecule has 0 aliphatic carbocycles. The molecule has 0 bridgehead atoms. The standard InChI is InChI=1S/C14H19F2NOS/c1-9(2)13(17-19(18)14(3,4)5)10-6-7-11(15)12(16)8-10/h6-9H,1-5H3/b17-13-. The number of halogens is 2. The minimum absolute atomic E-state index is 0.0313. The molecule has 2 nitrogen and oxygen atoms in total. The zero-order valence-electron chi connectivity index (χ0n) is 11.8. The first-order valence-corrected chi connectivity index (χ1v) is 7.19. The van der Waals surface area contributed by atoms with E-state index < -0.39 is 27.7 Å². The van der Waals surface area contributed by atoms with Gasteiger partial charge in [-0.3, -0.25) is 0 Å². The summed E-state index contributed by atoms with van der Waals surface area (Å²) in [5.74, 6) is -1.85. The molecule has 5 heteroatoms. The van der Waals surface area contributed by atoms with E-state index in [-0.39, 0.29) is 5.92 Å². The van der Waals surface area contributed by atoms with Gasteiger partial charge in [0.2, 0.25) is 0 Å². The summed E-state index contributed by atoms with van der Waals surface area (Å²) in [7, 11) is 0. The van der Waals surface area contributed by atoms with Gasteiger partial charge < -0.3 is 4.55 Å². The SMILES string of the molecule is CC(C)/C(=N/[S+]([O-])C(C)(C)C)c1ccc(F)c(F)c1. The Balaban J connectivity index is 3.21. The lowest BCUT2D eigenvalue weighted by Gasteiger charge is -2.20. The fourth-order valence-electron chi connectivity index (χ4n) is 1.37. The molecular formula is C14H19F2NOS. The van der Waals surface area contributed by atoms with Gasteiger partial charge in [0, 0.05) is 11.5 Å². The van der Waals surface area contributed by atoms with Crippen molar-refractivity contribution in [1.29, 1.82) is 0 Å². The van der Waals surface area contributed by atoms with Gasteiger partial charge in [0.15, 0.2) is 11.6 Å². The van der Waals surface area contributed by atoms with Gasteiger partial charge in [0.25, 0.3) is 0 Å². The Morgan fingerprint density at radius 2 is 1.79 bits per heavy atom. The summed E-state index contributed by atoms with van der Waals surface area (Å²) in [6.45, 7) is 9.20. The Hall–Kier alpha value is -0.940. The normalized spacial score (nSPS) is 14.9. The molecule has 0 saturated carbocycles. The van der Waals surface area contributed by atoms with Crippen molar-refractivity contribution in [3.05, 3.63) is 35.4 Å². The molecule has 0 aromatic heterocycles. The Morgan fingerprint density at radius 1 is 1.21 bits per heavy atom. The van der Waals surface area contributed by atoms with Crippen LogP contribution in [0.5, 0.6) is 0 Å². The molecule has 0 fully saturated rings. The Labute approximate surface area is 116 Å². The van der Waals surface area contributed by atoms with Crippen molar-refractivity contribution < 1.29 is 13.3 Å². The first kappa shape index (κ1) is 16.1. The maximum atomic E-state index is 13.3. The molecule has 0 amide bonds. The third-order valence-corrected chi connectivity index (χ3v) is 3.88. The molecule has 0 aliphatic rings. The predicted octanol–water partition coefficient (Wildman–Crippen LogP) is 3.87. The van der Waals surface area contributed by atoms with Crippen molar-refractivity contribution in [2.24, 2.45) is 10.3 Å². The first-order chi connectivity index (χ1) is 8.62. The Bertz CT molecular complexity index is 481. The van der Waals surface area contributed by atoms with E-state index in [9.17, 15) is 13.3 Å². The van der Waals surface area contributed by atoms with Gasteiger partial charge in [0.1, 0.15) is 21.8 Å². The molecule has 1 aromatic carbocycles. The van der Waals surface area contributed by atoms with Crippen LogP contribution in [0.1, 0.15) is 40.2 Å². The van der Waals surface area contributed by atoms with Crippen molar-refractivity contribution >= 4 is 17.1 Å². The van der Waals surface area contributed by atoms with E-state index in [4.69, 9.17) is 0 Å². The molecule has 0 heterocycles. The summed E-state index contributed by atoms with van der Waals surface area (Å²) in [4.78, 5) is 0. The van der Waals surface area contributed by atoms with Crippen molar-refractivity contribution in [3.63, 3.8) is 0 Å². The second-order valence-corrected chi connectivity index (χ2v) is 7.53. The second kappa shape index (κ2) is 6.01. The molecule has 0 spiro atoms. The van der Waals surface area contributed by atoms with Gasteiger partial charge >= 0.3 is 0 Å². The van der Waals surface area contributed by atoms with Crippen LogP contribution in [0, 0.1) is 17.6 Å². The number of hydrogen-bond acceptors (Lipinski definition) is 2. The Morgan fingerprint density at radius 3 is 2.21 bits per heavy atom. The molecular weight excluding hydrogens is 268 g/mol. The van der Waals surface area contributed by atoms with Crippen molar-refractivity contribution in [2.45, 2.75) is 39.4 Å². The van der Waals surface area contributed by atoms with Gasteiger partial charge in [-0.05, 0) is 39.0 Å². The monoisotopic (exact) mass is 287 g/mol. The highest BCUT2D eigenvalue weighted by atomic mass is 32.2. The molecule has 0 N–H and O–H groups in total. The Kier molecular flexibility index (Phi) is 5.10. The molecule has 1 aromatic rings. The average Bonchev–Trinajstić information content (AvgIpc) is 2.27. The summed E-state index contributed by atoms with van der Waals surface area (Å²) < 4.78 is 42.0. The largest absolute Gasteiger partial charge is 0.591 e. The molecule has 1 atom stereocenters. The minimum Gasteiger partial charge on any atom is -0.591 e. The van der Waals surface area contributed by atoms with E-state index >= 15 is 0 Å². The molecule has 1 unspecified atom stereocenters. The van der Waals surface area contributed by atoms with Crippen LogP contribution in [0.2, 0.25) is 0 Å². The number of benzene rings is 1. The highest BCUT2D eigenvalue weighted by Gasteiger charge is 2.28. The van der Waals surface area contributed by atoms with Crippen molar-refractivity contribution in [3.8, 4) is 0 Å². The van der Waals surface area contributed by atoms with Crippen LogP contribution in [-0.2, 0) is 11.4 Å². The molecule has 0 saturated heterocycles. The van der Waals surface area contributed by atoms with Crippen LogP contribution in [0.4, 0.5) is 8.78 Å². The molecule has 19 heavy (non-hydrogen) atoms. The summed E-state index contributed by atoms with van der Waals surface area (Å²) in [6.07, 6.45) is 0. The maximum Gasteiger partial charge on any atom is 0.159 e. The van der Waals surface area contributed by atoms with Gasteiger partial charge in [-0.15, -0.1) is 0 Å². The summed E-state index contributed by atoms with van der Waals surface area (Å²) in [6, 6.07) is 3.60. The lowest BCUT2D eigenvalue weighted by molar-refractivity contribution is 0.508. The third kappa shape index (κ3) is 4.28. The predicted molar refractivity (Wildman–Crippen MR) is 75.6 cm³/mol. The summed E-state index contributed by atoms with van der Waals surface area (Å²) in [5.41, 5.74) is 0.985. The van der Waals surface area contributed by atoms with E-state index in [1.165, 1.54) is 6.07 Å². The van der Waals surface area contributed by atoms with Crippen molar-refractivity contribution in [1.82, 2.24) is 0 Å². The van der Waals surface area contributed by atoms with Crippen LogP contribution < -0.4 is 0 Å². The number of nitrogens with zero attached hydrogens (tertiary/aromatic N) is 1. The fraction of sp³-hybridized carbons (Fsp3) is 0.500. The average molecular weight is 287 g/mol. The van der Waals surface area contributed by atoms with E-state index in [0.29, 0.717) is 11.3 Å². The van der Waals surface area contributed by atoms with Crippen LogP contribution >= 0.6 is 0 Å².